The van der Waals surface area contributed by atoms with E-state index in [0.717, 1.165) is 15.6 Å². The number of rotatable bonds is 3. The summed E-state index contributed by atoms with van der Waals surface area (Å²) in [7, 11) is 1.86. The summed E-state index contributed by atoms with van der Waals surface area (Å²) in [4.78, 5) is 0.811. The first kappa shape index (κ1) is 13.8. The molecule has 1 heterocycles. The average molecular weight is 297 g/mol. The molecule has 0 atom stereocenters. The first-order valence-corrected chi connectivity index (χ1v) is 6.67. The van der Waals surface area contributed by atoms with E-state index in [1.54, 1.807) is 10.7 Å². The summed E-state index contributed by atoms with van der Waals surface area (Å²) in [5.41, 5.74) is 7.12. The molecule has 5 nitrogen and oxygen atoms in total. The van der Waals surface area contributed by atoms with Crippen LogP contribution < -0.4 is 5.73 Å². The van der Waals surface area contributed by atoms with Gasteiger partial charge >= 0.3 is 0 Å². The number of oxime groups is 1. The molecule has 0 aliphatic heterocycles. The standard InChI is InChI=1S/C12H13ClN4OS/c1-7-6-10(17(2)15-7)19-9-5-3-4-8(13)11(9)12(14)16-18/h3-6,18H,1-2H3,(H2,14,16). The van der Waals surface area contributed by atoms with Gasteiger partial charge in [0.25, 0.3) is 0 Å². The molecule has 0 saturated carbocycles. The number of hydrogen-bond acceptors (Lipinski definition) is 4. The highest BCUT2D eigenvalue weighted by Gasteiger charge is 2.14. The fourth-order valence-electron chi connectivity index (χ4n) is 1.68. The number of nitrogens with zero attached hydrogens (tertiary/aromatic N) is 3. The van der Waals surface area contributed by atoms with Crippen LogP contribution in [0.25, 0.3) is 0 Å². The summed E-state index contributed by atoms with van der Waals surface area (Å²) in [5.74, 6) is -0.00742. The number of hydrogen-bond donors (Lipinski definition) is 2. The van der Waals surface area contributed by atoms with E-state index in [1.165, 1.54) is 11.8 Å². The predicted octanol–water partition coefficient (Wildman–Crippen LogP) is 2.63. The molecule has 0 aliphatic carbocycles. The van der Waals surface area contributed by atoms with E-state index in [1.807, 2.05) is 32.2 Å². The van der Waals surface area contributed by atoms with Crippen LogP contribution in [-0.4, -0.2) is 20.8 Å². The Balaban J connectivity index is 2.46. The maximum atomic E-state index is 8.84. The zero-order valence-electron chi connectivity index (χ0n) is 10.5. The Morgan fingerprint density at radius 1 is 1.53 bits per heavy atom. The quantitative estimate of drug-likeness (QED) is 0.395. The van der Waals surface area contributed by atoms with E-state index in [4.69, 9.17) is 22.5 Å². The number of amidine groups is 1. The number of halogens is 1. The lowest BCUT2D eigenvalue weighted by Crippen LogP contribution is -2.15. The molecule has 0 radical (unpaired) electrons. The van der Waals surface area contributed by atoms with Crippen molar-refractivity contribution in [2.75, 3.05) is 0 Å². The molecule has 1 aromatic carbocycles. The van der Waals surface area contributed by atoms with Crippen LogP contribution in [0.2, 0.25) is 5.02 Å². The van der Waals surface area contributed by atoms with Crippen LogP contribution in [0.15, 0.2) is 39.3 Å². The van der Waals surface area contributed by atoms with E-state index in [2.05, 4.69) is 10.3 Å². The number of nitrogens with two attached hydrogens (primary N) is 1. The Hall–Kier alpha value is -1.66. The van der Waals surface area contributed by atoms with Gasteiger partial charge < -0.3 is 10.9 Å². The topological polar surface area (TPSA) is 76.4 Å². The predicted molar refractivity (Wildman–Crippen MR) is 76.0 cm³/mol. The van der Waals surface area contributed by atoms with Crippen LogP contribution in [-0.2, 0) is 7.05 Å². The highest BCUT2D eigenvalue weighted by atomic mass is 35.5. The van der Waals surface area contributed by atoms with Crippen molar-refractivity contribution >= 4 is 29.2 Å². The second-order valence-electron chi connectivity index (χ2n) is 3.95. The monoisotopic (exact) mass is 296 g/mol. The largest absolute Gasteiger partial charge is 0.409 e. The molecule has 3 N–H and O–H groups in total. The van der Waals surface area contributed by atoms with Crippen molar-refractivity contribution in [1.82, 2.24) is 9.78 Å². The summed E-state index contributed by atoms with van der Waals surface area (Å²) < 4.78 is 1.77. The van der Waals surface area contributed by atoms with Crippen LogP contribution in [0.3, 0.4) is 0 Å². The highest BCUT2D eigenvalue weighted by Crippen LogP contribution is 2.33. The van der Waals surface area contributed by atoms with Crippen molar-refractivity contribution in [3.05, 3.63) is 40.5 Å². The van der Waals surface area contributed by atoms with Gasteiger partial charge in [0.15, 0.2) is 5.84 Å². The summed E-state index contributed by atoms with van der Waals surface area (Å²) in [6, 6.07) is 7.35. The van der Waals surface area contributed by atoms with Gasteiger partial charge in [-0.25, -0.2) is 0 Å². The molecule has 0 aliphatic rings. The van der Waals surface area contributed by atoms with Gasteiger partial charge in [0.1, 0.15) is 0 Å². The Kier molecular flexibility index (Phi) is 4.01. The van der Waals surface area contributed by atoms with Gasteiger partial charge in [-0.3, -0.25) is 4.68 Å². The molecular formula is C12H13ClN4OS. The van der Waals surface area contributed by atoms with E-state index in [0.29, 0.717) is 10.6 Å². The van der Waals surface area contributed by atoms with Gasteiger partial charge in [0.05, 0.1) is 21.3 Å². The van der Waals surface area contributed by atoms with Crippen molar-refractivity contribution in [3.63, 3.8) is 0 Å². The van der Waals surface area contributed by atoms with Crippen molar-refractivity contribution in [3.8, 4) is 0 Å². The third kappa shape index (κ3) is 2.85. The van der Waals surface area contributed by atoms with E-state index >= 15 is 0 Å². The minimum absolute atomic E-state index is 0.00742. The number of aromatic nitrogens is 2. The van der Waals surface area contributed by atoms with Crippen molar-refractivity contribution in [1.29, 1.82) is 0 Å². The Bertz CT molecular complexity index is 639. The normalized spacial score (nSPS) is 11.8. The Morgan fingerprint density at radius 2 is 2.26 bits per heavy atom. The van der Waals surface area contributed by atoms with Gasteiger partial charge in [-0.1, -0.05) is 34.6 Å². The van der Waals surface area contributed by atoms with E-state index in [9.17, 15) is 0 Å². The second kappa shape index (κ2) is 5.54. The van der Waals surface area contributed by atoms with Gasteiger partial charge in [-0.05, 0) is 25.1 Å². The highest BCUT2D eigenvalue weighted by molar-refractivity contribution is 7.99. The van der Waals surface area contributed by atoms with Gasteiger partial charge in [-0.2, -0.15) is 5.10 Å². The maximum absolute atomic E-state index is 8.84. The Morgan fingerprint density at radius 3 is 2.84 bits per heavy atom. The summed E-state index contributed by atoms with van der Waals surface area (Å²) in [5, 5.41) is 17.5. The van der Waals surface area contributed by atoms with Crippen LogP contribution in [0.5, 0.6) is 0 Å². The Labute approximate surface area is 120 Å². The third-order valence-corrected chi connectivity index (χ3v) is 3.98. The van der Waals surface area contributed by atoms with Crippen LogP contribution >= 0.6 is 23.4 Å². The smallest absolute Gasteiger partial charge is 0.172 e. The number of aryl methyl sites for hydroxylation is 2. The van der Waals surface area contributed by atoms with Crippen molar-refractivity contribution < 1.29 is 5.21 Å². The number of benzene rings is 1. The minimum atomic E-state index is -0.00742. The molecular weight excluding hydrogens is 284 g/mol. The molecule has 2 aromatic rings. The fraction of sp³-hybridized carbons (Fsp3) is 0.167. The molecule has 0 bridgehead atoms. The zero-order valence-corrected chi connectivity index (χ0v) is 12.0. The molecule has 19 heavy (non-hydrogen) atoms. The molecule has 0 spiro atoms. The van der Waals surface area contributed by atoms with Crippen molar-refractivity contribution in [2.24, 2.45) is 17.9 Å². The summed E-state index contributed by atoms with van der Waals surface area (Å²) in [6.45, 7) is 1.92. The van der Waals surface area contributed by atoms with Gasteiger partial charge in [0, 0.05) is 11.9 Å². The fourth-order valence-corrected chi connectivity index (χ4v) is 3.10. The van der Waals surface area contributed by atoms with Crippen LogP contribution in [0.1, 0.15) is 11.3 Å². The zero-order chi connectivity index (χ0) is 14.0. The van der Waals surface area contributed by atoms with E-state index in [-0.39, 0.29) is 5.84 Å². The third-order valence-electron chi connectivity index (χ3n) is 2.51. The SMILES string of the molecule is Cc1cc(Sc2cccc(Cl)c2C(N)=NO)n(C)n1. The first-order valence-electron chi connectivity index (χ1n) is 5.48. The first-order chi connectivity index (χ1) is 9.02. The summed E-state index contributed by atoms with van der Waals surface area (Å²) >= 11 is 7.57. The minimum Gasteiger partial charge on any atom is -0.409 e. The van der Waals surface area contributed by atoms with Crippen molar-refractivity contribution in [2.45, 2.75) is 16.8 Å². The van der Waals surface area contributed by atoms with Crippen LogP contribution in [0.4, 0.5) is 0 Å². The molecule has 0 amide bonds. The average Bonchev–Trinajstić information content (AvgIpc) is 2.67. The van der Waals surface area contributed by atoms with Gasteiger partial charge in [-0.15, -0.1) is 0 Å². The second-order valence-corrected chi connectivity index (χ2v) is 5.42. The molecule has 1 aromatic heterocycles. The molecule has 7 heteroatoms. The lowest BCUT2D eigenvalue weighted by atomic mass is 10.2. The summed E-state index contributed by atoms with van der Waals surface area (Å²) in [6.07, 6.45) is 0. The maximum Gasteiger partial charge on any atom is 0.172 e. The lowest BCUT2D eigenvalue weighted by molar-refractivity contribution is 0.318. The lowest BCUT2D eigenvalue weighted by Gasteiger charge is -2.09. The molecule has 0 unspecified atom stereocenters. The molecule has 100 valence electrons. The van der Waals surface area contributed by atoms with E-state index < -0.39 is 0 Å². The van der Waals surface area contributed by atoms with Gasteiger partial charge in [0.2, 0.25) is 0 Å². The molecule has 0 fully saturated rings. The molecule has 2 rings (SSSR count). The molecule has 0 saturated heterocycles. The van der Waals surface area contributed by atoms with Crippen LogP contribution in [0, 0.1) is 6.92 Å².